The third-order valence-corrected chi connectivity index (χ3v) is 2.54. The van der Waals surface area contributed by atoms with Crippen molar-refractivity contribution in [3.8, 4) is 0 Å². The molecule has 3 heteroatoms. The number of hydrogen-bond donors (Lipinski definition) is 1. The first kappa shape index (κ1) is 9.49. The van der Waals surface area contributed by atoms with Crippen LogP contribution in [0.1, 0.15) is 25.7 Å². The van der Waals surface area contributed by atoms with Gasteiger partial charge in [0.1, 0.15) is 0 Å². The summed E-state index contributed by atoms with van der Waals surface area (Å²) in [7, 11) is 0. The van der Waals surface area contributed by atoms with Crippen molar-refractivity contribution >= 4 is 17.0 Å². The van der Waals surface area contributed by atoms with E-state index in [-0.39, 0.29) is 17.0 Å². The second-order valence-electron chi connectivity index (χ2n) is 3.25. The molecule has 1 saturated heterocycles. The van der Waals surface area contributed by atoms with Crippen molar-refractivity contribution in [2.45, 2.75) is 37.8 Å². The van der Waals surface area contributed by atoms with Crippen LogP contribution in [0.2, 0.25) is 0 Å². The molecule has 2 nitrogen and oxygen atoms in total. The Morgan fingerprint density at radius 1 is 1.18 bits per heavy atom. The Bertz CT molecular complexity index is 94.7. The molecule has 0 aromatic rings. The lowest BCUT2D eigenvalue weighted by Crippen LogP contribution is -2.49. The number of ether oxygens (including phenoxy) is 1. The SMILES string of the molecule is Br.C1CCC2OCCNC2C1. The second kappa shape index (κ2) is 4.43. The summed E-state index contributed by atoms with van der Waals surface area (Å²) in [6.07, 6.45) is 5.89. The van der Waals surface area contributed by atoms with Crippen molar-refractivity contribution in [3.05, 3.63) is 0 Å². The second-order valence-corrected chi connectivity index (χ2v) is 3.25. The number of rotatable bonds is 0. The van der Waals surface area contributed by atoms with Gasteiger partial charge in [0.2, 0.25) is 0 Å². The van der Waals surface area contributed by atoms with Crippen LogP contribution >= 0.6 is 17.0 Å². The number of hydrogen-bond acceptors (Lipinski definition) is 2. The fourth-order valence-electron chi connectivity index (χ4n) is 1.98. The molecule has 2 fully saturated rings. The quantitative estimate of drug-likeness (QED) is 0.670. The van der Waals surface area contributed by atoms with Gasteiger partial charge in [-0.25, -0.2) is 0 Å². The molecular formula is C8H16BrNO. The number of fused-ring (bicyclic) bond motifs is 1. The first-order valence-corrected chi connectivity index (χ1v) is 4.32. The molecule has 0 aromatic heterocycles. The first-order chi connectivity index (χ1) is 4.97. The van der Waals surface area contributed by atoms with E-state index in [0.717, 1.165) is 13.2 Å². The summed E-state index contributed by atoms with van der Waals surface area (Å²) in [5.74, 6) is 0. The van der Waals surface area contributed by atoms with Gasteiger partial charge in [-0.15, -0.1) is 17.0 Å². The van der Waals surface area contributed by atoms with Gasteiger partial charge in [-0.2, -0.15) is 0 Å². The van der Waals surface area contributed by atoms with Crippen LogP contribution in [0.25, 0.3) is 0 Å². The van der Waals surface area contributed by atoms with E-state index in [2.05, 4.69) is 5.32 Å². The van der Waals surface area contributed by atoms with Gasteiger partial charge in [-0.1, -0.05) is 12.8 Å². The highest BCUT2D eigenvalue weighted by molar-refractivity contribution is 8.93. The Hall–Kier alpha value is 0.400. The monoisotopic (exact) mass is 221 g/mol. The molecular weight excluding hydrogens is 206 g/mol. The number of nitrogens with one attached hydrogen (secondary N) is 1. The Kier molecular flexibility index (Phi) is 3.82. The minimum absolute atomic E-state index is 0. The van der Waals surface area contributed by atoms with E-state index >= 15 is 0 Å². The van der Waals surface area contributed by atoms with Crippen molar-refractivity contribution in [1.29, 1.82) is 0 Å². The van der Waals surface area contributed by atoms with Gasteiger partial charge in [-0.3, -0.25) is 0 Å². The third kappa shape index (κ3) is 2.17. The molecule has 0 amide bonds. The molecule has 1 aliphatic carbocycles. The zero-order chi connectivity index (χ0) is 6.81. The Morgan fingerprint density at radius 3 is 2.82 bits per heavy atom. The highest BCUT2D eigenvalue weighted by Gasteiger charge is 2.27. The zero-order valence-electron chi connectivity index (χ0n) is 6.71. The molecule has 0 radical (unpaired) electrons. The number of halogens is 1. The molecule has 1 N–H and O–H groups in total. The van der Waals surface area contributed by atoms with Crippen LogP contribution in [-0.2, 0) is 4.74 Å². The van der Waals surface area contributed by atoms with Gasteiger partial charge in [0.25, 0.3) is 0 Å². The summed E-state index contributed by atoms with van der Waals surface area (Å²) in [6.45, 7) is 1.97. The van der Waals surface area contributed by atoms with E-state index in [9.17, 15) is 0 Å². The molecule has 0 bridgehead atoms. The van der Waals surface area contributed by atoms with E-state index in [4.69, 9.17) is 4.74 Å². The predicted octanol–water partition coefficient (Wildman–Crippen LogP) is 1.50. The van der Waals surface area contributed by atoms with Gasteiger partial charge >= 0.3 is 0 Å². The smallest absolute Gasteiger partial charge is 0.0728 e. The molecule has 2 unspecified atom stereocenters. The summed E-state index contributed by atoms with van der Waals surface area (Å²) in [4.78, 5) is 0. The Morgan fingerprint density at radius 2 is 2.00 bits per heavy atom. The molecule has 0 aromatic carbocycles. The summed E-state index contributed by atoms with van der Waals surface area (Å²) < 4.78 is 5.62. The maximum absolute atomic E-state index is 5.62. The molecule has 1 saturated carbocycles. The van der Waals surface area contributed by atoms with Crippen LogP contribution in [0.3, 0.4) is 0 Å². The maximum Gasteiger partial charge on any atom is 0.0728 e. The largest absolute Gasteiger partial charge is 0.375 e. The van der Waals surface area contributed by atoms with Crippen molar-refractivity contribution in [1.82, 2.24) is 5.32 Å². The van der Waals surface area contributed by atoms with Crippen LogP contribution in [0.4, 0.5) is 0 Å². The van der Waals surface area contributed by atoms with Crippen LogP contribution in [0.5, 0.6) is 0 Å². The lowest BCUT2D eigenvalue weighted by Gasteiger charge is -2.36. The molecule has 2 atom stereocenters. The summed E-state index contributed by atoms with van der Waals surface area (Å²) >= 11 is 0. The van der Waals surface area contributed by atoms with Crippen LogP contribution in [0, 0.1) is 0 Å². The summed E-state index contributed by atoms with van der Waals surface area (Å²) in [6, 6.07) is 0.683. The van der Waals surface area contributed by atoms with Gasteiger partial charge in [0.05, 0.1) is 12.7 Å². The number of morpholine rings is 1. The van der Waals surface area contributed by atoms with Gasteiger partial charge in [-0.05, 0) is 12.8 Å². The Balaban J connectivity index is 0.000000605. The van der Waals surface area contributed by atoms with Gasteiger partial charge in [0, 0.05) is 12.6 Å². The standard InChI is InChI=1S/C8H15NO.BrH/c1-2-4-8-7(3-1)9-5-6-10-8;/h7-9H,1-6H2;1H. The molecule has 2 rings (SSSR count). The lowest BCUT2D eigenvalue weighted by molar-refractivity contribution is -0.0235. The van der Waals surface area contributed by atoms with Crippen LogP contribution in [0.15, 0.2) is 0 Å². The Labute approximate surface area is 78.5 Å². The summed E-state index contributed by atoms with van der Waals surface area (Å²) in [5, 5.41) is 3.50. The average Bonchev–Trinajstić information content (AvgIpc) is 2.05. The molecule has 0 spiro atoms. The van der Waals surface area contributed by atoms with E-state index in [0.29, 0.717) is 12.1 Å². The normalized spacial score (nSPS) is 37.1. The van der Waals surface area contributed by atoms with E-state index in [1.807, 2.05) is 0 Å². The third-order valence-electron chi connectivity index (χ3n) is 2.54. The molecule has 1 heterocycles. The average molecular weight is 222 g/mol. The van der Waals surface area contributed by atoms with E-state index in [1.165, 1.54) is 25.7 Å². The van der Waals surface area contributed by atoms with Crippen molar-refractivity contribution < 1.29 is 4.74 Å². The first-order valence-electron chi connectivity index (χ1n) is 4.32. The van der Waals surface area contributed by atoms with Gasteiger partial charge in [0.15, 0.2) is 0 Å². The molecule has 11 heavy (non-hydrogen) atoms. The van der Waals surface area contributed by atoms with Crippen molar-refractivity contribution in [2.24, 2.45) is 0 Å². The van der Waals surface area contributed by atoms with E-state index < -0.39 is 0 Å². The highest BCUT2D eigenvalue weighted by atomic mass is 79.9. The lowest BCUT2D eigenvalue weighted by atomic mass is 9.92. The summed E-state index contributed by atoms with van der Waals surface area (Å²) in [5.41, 5.74) is 0. The molecule has 66 valence electrons. The topological polar surface area (TPSA) is 21.3 Å². The minimum atomic E-state index is 0. The fraction of sp³-hybridized carbons (Fsp3) is 1.00. The van der Waals surface area contributed by atoms with Gasteiger partial charge < -0.3 is 10.1 Å². The van der Waals surface area contributed by atoms with Crippen LogP contribution < -0.4 is 5.32 Å². The van der Waals surface area contributed by atoms with Crippen LogP contribution in [-0.4, -0.2) is 25.3 Å². The highest BCUT2D eigenvalue weighted by Crippen LogP contribution is 2.22. The van der Waals surface area contributed by atoms with Crippen molar-refractivity contribution in [3.63, 3.8) is 0 Å². The van der Waals surface area contributed by atoms with E-state index in [1.54, 1.807) is 0 Å². The minimum Gasteiger partial charge on any atom is -0.375 e. The molecule has 1 aliphatic heterocycles. The zero-order valence-corrected chi connectivity index (χ0v) is 8.43. The predicted molar refractivity (Wildman–Crippen MR) is 50.3 cm³/mol. The van der Waals surface area contributed by atoms with Crippen molar-refractivity contribution in [2.75, 3.05) is 13.2 Å². The molecule has 2 aliphatic rings. The maximum atomic E-state index is 5.62. The fourth-order valence-corrected chi connectivity index (χ4v) is 1.98.